The molecule has 0 aromatic heterocycles. The summed E-state index contributed by atoms with van der Waals surface area (Å²) in [6.45, 7) is 0. The number of hydrogen-bond acceptors (Lipinski definition) is 0. The van der Waals surface area contributed by atoms with E-state index in [1.165, 1.54) is 0 Å². The van der Waals surface area contributed by atoms with E-state index in [0.29, 0.717) is 0 Å². The summed E-state index contributed by atoms with van der Waals surface area (Å²) in [6, 6.07) is 0. The Balaban J connectivity index is -0.00000000000947. The van der Waals surface area contributed by atoms with Crippen molar-refractivity contribution >= 4 is 0 Å². The van der Waals surface area contributed by atoms with Gasteiger partial charge < -0.3 is 12.8 Å². The summed E-state index contributed by atoms with van der Waals surface area (Å²) in [5.41, 5.74) is 0. The fraction of sp³-hybridized carbons (Fsp3) is 0. The van der Waals surface area contributed by atoms with E-state index < -0.39 is 0 Å². The average Bonchev–Trinajstić information content (AvgIpc) is 1.00. The second kappa shape index (κ2) is 257. The molecule has 109 valence electrons. The Hall–Kier alpha value is 36.0. The van der Waals surface area contributed by atoms with Crippen LogP contribution in [0.25, 0.3) is 0 Å². The van der Waals surface area contributed by atoms with Crippen LogP contribution in [0.2, 0.25) is 0 Å². The van der Waals surface area contributed by atoms with E-state index in [9.17, 15) is 0 Å². The molecule has 0 unspecified atom stereocenters. The molecule has 0 N–H and O–H groups in total. The van der Waals surface area contributed by atoms with E-state index in [1.54, 1.807) is 0 Å². The fourth-order valence-corrected chi connectivity index (χ4v) is 0. The van der Waals surface area contributed by atoms with Crippen molar-refractivity contribution < 1.29 is 1080 Å². The Morgan fingerprint density at radius 1 is 0.114 bits per heavy atom. The zero-order valence-electron chi connectivity index (χ0n) is 20.1. The molecule has 33 radical (unpaired) electrons. The summed E-state index contributed by atoms with van der Waals surface area (Å²) < 4.78 is 0. The summed E-state index contributed by atoms with van der Waals surface area (Å²) >= 11 is 0. The van der Waals surface area contributed by atoms with E-state index >= 15 is 0 Å². The smallest absolute Gasteiger partial charge is 0 e. The van der Waals surface area contributed by atoms with Crippen LogP contribution < -0.4 is 0 Å². The van der Waals surface area contributed by atoms with Crippen molar-refractivity contribution in [3.05, 3.63) is 6.42 Å². The minimum absolute atomic E-state index is 0. The molecule has 0 fully saturated rings. The minimum Gasteiger partial charge on any atom is -0.697 e. The Morgan fingerprint density at radius 3 is 0.114 bits per heavy atom. The summed E-state index contributed by atoms with van der Waals surface area (Å²) in [4.78, 5) is 0. The van der Waals surface area contributed by atoms with Crippen LogP contribution in [0, 0.1) is 12.8 Å². The summed E-state index contributed by atoms with van der Waals surface area (Å²) in [6.07, 6.45) is 9.00. The molecule has 0 atom stereocenters. The molecule has 0 heterocycles. The van der Waals surface area contributed by atoms with Gasteiger partial charge in [-0.2, -0.15) is 0 Å². The minimum atomic E-state index is 0. The third-order valence-corrected chi connectivity index (χ3v) is 0. The maximum atomic E-state index is 5.25. The molecular weight excluding hydrogens is 2960 g/mol. The molecule has 0 aliphatic rings. The molecule has 0 aliphatic heterocycles. The molecule has 0 nitrogen and oxygen atoms in total. The zero-order chi connectivity index (χ0) is 2.00. The van der Waals surface area contributed by atoms with Gasteiger partial charge in [-0.3, -0.25) is 0 Å². The molecule has 0 aliphatic carbocycles. The maximum Gasteiger partial charge on any atom is 0 e. The zero-order valence-corrected chi connectivity index (χ0v) is 114. The second-order valence-corrected chi connectivity index (χ2v) is 0. The Kier molecular flexibility index (Phi) is 1870. The standard InChI is InChI=1S/C2H.33Y/c1-2;;;;;;;;;;;;;;;;;;;;;;;;;;;;;;;;;/h1H;;;;;;;;;;;;;;;;;;;;;;;;;;;;;;;;;/q-1;;;;;;;;;;;;;;;;;;;;;;;;;;;;;;;;;. The van der Waals surface area contributed by atoms with E-state index in [-0.39, 0.29) is 1080 Å². The predicted octanol–water partition coefficient (Wildman–Crippen LogP) is 0.123. The molecular formula is C2HY33-. The molecule has 33 heteroatoms. The topological polar surface area (TPSA) is 0 Å². The van der Waals surface area contributed by atoms with Crippen molar-refractivity contribution in [2.75, 3.05) is 0 Å². The first-order chi connectivity index (χ1) is 1.00. The third kappa shape index (κ3) is 250. The normalized spacial score (nSPS) is 0.0571. The fourth-order valence-electron chi connectivity index (χ4n) is 0. The average molecular weight is 2960 g/mol. The van der Waals surface area contributed by atoms with Crippen LogP contribution in [0.1, 0.15) is 0 Å². The van der Waals surface area contributed by atoms with Crippen LogP contribution in [0.3, 0.4) is 0 Å². The van der Waals surface area contributed by atoms with Crippen LogP contribution in [0.4, 0.5) is 0 Å². The van der Waals surface area contributed by atoms with Gasteiger partial charge in [0.15, 0.2) is 0 Å². The second-order valence-electron chi connectivity index (χ2n) is 0. The molecule has 0 aromatic carbocycles. The van der Waals surface area contributed by atoms with Gasteiger partial charge in [-0.15, -0.1) is 0 Å². The maximum absolute atomic E-state index is 5.25. The molecule has 35 heavy (non-hydrogen) atoms. The van der Waals surface area contributed by atoms with E-state index in [4.69, 9.17) is 6.42 Å². The Labute approximate surface area is 1050 Å². The van der Waals surface area contributed by atoms with Gasteiger partial charge in [-0.05, 0) is 0 Å². The van der Waals surface area contributed by atoms with Gasteiger partial charge in [0.2, 0.25) is 0 Å². The van der Waals surface area contributed by atoms with Crippen LogP contribution in [-0.4, -0.2) is 0 Å². The number of terminal acetylenes is 1. The molecule has 0 aromatic rings. The van der Waals surface area contributed by atoms with Gasteiger partial charge in [0, 0.05) is 1080 Å². The molecule has 0 rings (SSSR count). The van der Waals surface area contributed by atoms with Gasteiger partial charge in [0.1, 0.15) is 0 Å². The van der Waals surface area contributed by atoms with Gasteiger partial charge in [0.25, 0.3) is 0 Å². The summed E-state index contributed by atoms with van der Waals surface area (Å²) in [5.74, 6) is 0. The summed E-state index contributed by atoms with van der Waals surface area (Å²) in [7, 11) is 0. The van der Waals surface area contributed by atoms with Crippen LogP contribution in [0.5, 0.6) is 0 Å². The third-order valence-electron chi connectivity index (χ3n) is 0. The van der Waals surface area contributed by atoms with Gasteiger partial charge in [0.05, 0.1) is 0 Å². The SMILES string of the molecule is [C-]#C.[Y].[Y].[Y].[Y].[Y].[Y].[Y].[Y].[Y].[Y].[Y].[Y].[Y].[Y].[Y].[Y].[Y].[Y].[Y].[Y].[Y].[Y].[Y].[Y].[Y].[Y].[Y].[Y].[Y].[Y].[Y].[Y].[Y]. The Morgan fingerprint density at radius 2 is 0.114 bits per heavy atom. The van der Waals surface area contributed by atoms with Crippen molar-refractivity contribution in [1.82, 2.24) is 0 Å². The van der Waals surface area contributed by atoms with Gasteiger partial charge in [-0.1, -0.05) is 0 Å². The molecule has 0 saturated carbocycles. The van der Waals surface area contributed by atoms with E-state index in [1.807, 2.05) is 0 Å². The first-order valence-electron chi connectivity index (χ1n) is 0.289. The van der Waals surface area contributed by atoms with Crippen LogP contribution >= 0.6 is 0 Å². The molecule has 0 bridgehead atoms. The first-order valence-corrected chi connectivity index (χ1v) is 0.289. The summed E-state index contributed by atoms with van der Waals surface area (Å²) in [5, 5.41) is 0. The molecule has 0 spiro atoms. The quantitative estimate of drug-likeness (QED) is 0.240. The van der Waals surface area contributed by atoms with Gasteiger partial charge in [-0.25, -0.2) is 0 Å². The predicted molar refractivity (Wildman–Crippen MR) is 8.19 cm³/mol. The van der Waals surface area contributed by atoms with Crippen molar-refractivity contribution in [1.29, 1.82) is 0 Å². The Bertz CT molecular complexity index is 15.8. The van der Waals surface area contributed by atoms with Crippen molar-refractivity contribution in [3.63, 3.8) is 0 Å². The van der Waals surface area contributed by atoms with Crippen molar-refractivity contribution in [2.24, 2.45) is 0 Å². The van der Waals surface area contributed by atoms with Crippen LogP contribution in [0.15, 0.2) is 0 Å². The van der Waals surface area contributed by atoms with Crippen molar-refractivity contribution in [2.45, 2.75) is 0 Å². The number of rotatable bonds is 0. The van der Waals surface area contributed by atoms with Crippen LogP contribution in [-0.2, 0) is 1080 Å². The molecule has 0 amide bonds. The van der Waals surface area contributed by atoms with Gasteiger partial charge >= 0.3 is 0 Å². The van der Waals surface area contributed by atoms with E-state index in [2.05, 4.69) is 6.42 Å². The largest absolute Gasteiger partial charge is 0.697 e. The molecule has 0 saturated heterocycles. The first kappa shape index (κ1) is 254. The number of hydrogen-bond donors (Lipinski definition) is 0. The van der Waals surface area contributed by atoms with E-state index in [0.717, 1.165) is 0 Å². The van der Waals surface area contributed by atoms with Crippen molar-refractivity contribution in [3.8, 4) is 6.42 Å². The monoisotopic (exact) mass is 2960 g/mol.